The lowest BCUT2D eigenvalue weighted by atomic mass is 9.87. The quantitative estimate of drug-likeness (QED) is 0.436. The topological polar surface area (TPSA) is 26.0 Å². The van der Waals surface area contributed by atoms with E-state index < -0.39 is 38.5 Å². The maximum Gasteiger partial charge on any atom is 0.457 e. The van der Waals surface area contributed by atoms with Crippen molar-refractivity contribution in [3.05, 3.63) is 26.6 Å². The van der Waals surface area contributed by atoms with E-state index in [2.05, 4.69) is 31.9 Å². The van der Waals surface area contributed by atoms with E-state index in [1.807, 2.05) is 0 Å². The Morgan fingerprint density at radius 1 is 0.727 bits per heavy atom. The zero-order valence-electron chi connectivity index (χ0n) is 9.89. The van der Waals surface area contributed by atoms with E-state index in [0.29, 0.717) is 0 Å². The van der Waals surface area contributed by atoms with Crippen LogP contribution in [0.2, 0.25) is 0 Å². The summed E-state index contributed by atoms with van der Waals surface area (Å²) in [6, 6.07) is 0.237. The van der Waals surface area contributed by atoms with Crippen molar-refractivity contribution in [3.63, 3.8) is 0 Å². The molecular formula is C10H4Br2F9N. The Labute approximate surface area is 133 Å². The summed E-state index contributed by atoms with van der Waals surface area (Å²) in [6.45, 7) is 0. The first-order valence-corrected chi connectivity index (χ1v) is 6.61. The van der Waals surface area contributed by atoms with Gasteiger partial charge in [0.15, 0.2) is 0 Å². The van der Waals surface area contributed by atoms with E-state index in [9.17, 15) is 39.5 Å². The molecule has 1 nitrogen and oxygen atoms in total. The standard InChI is InChI=1S/C10H4Br2F9N/c11-4-1-3(2-5(12)6(4)22)7(13,9(16,17)18)8(14,15)10(19,20)21/h1-2H,22H2. The van der Waals surface area contributed by atoms with Crippen LogP contribution in [-0.2, 0) is 5.67 Å². The van der Waals surface area contributed by atoms with E-state index in [1.54, 1.807) is 0 Å². The van der Waals surface area contributed by atoms with Gasteiger partial charge in [-0.25, -0.2) is 4.39 Å². The van der Waals surface area contributed by atoms with Gasteiger partial charge in [0.2, 0.25) is 0 Å². The molecule has 0 aliphatic carbocycles. The highest BCUT2D eigenvalue weighted by Crippen LogP contribution is 2.58. The molecule has 126 valence electrons. The molecule has 0 aliphatic rings. The van der Waals surface area contributed by atoms with E-state index in [-0.39, 0.29) is 17.8 Å². The van der Waals surface area contributed by atoms with Gasteiger partial charge in [0.05, 0.1) is 5.69 Å². The lowest BCUT2D eigenvalue weighted by Gasteiger charge is -2.36. The predicted molar refractivity (Wildman–Crippen MR) is 66.1 cm³/mol. The number of nitrogens with two attached hydrogens (primary N) is 1. The Morgan fingerprint density at radius 3 is 1.36 bits per heavy atom. The minimum Gasteiger partial charge on any atom is -0.397 e. The summed E-state index contributed by atoms with van der Waals surface area (Å²) >= 11 is 5.12. The van der Waals surface area contributed by atoms with Crippen molar-refractivity contribution < 1.29 is 39.5 Å². The van der Waals surface area contributed by atoms with Crippen molar-refractivity contribution >= 4 is 37.5 Å². The van der Waals surface area contributed by atoms with Gasteiger partial charge in [-0.15, -0.1) is 0 Å². The normalized spacial score (nSPS) is 16.5. The highest BCUT2D eigenvalue weighted by atomic mass is 79.9. The minimum atomic E-state index is -6.77. The summed E-state index contributed by atoms with van der Waals surface area (Å²) in [5, 5.41) is 0. The van der Waals surface area contributed by atoms with Crippen LogP contribution >= 0.6 is 31.9 Å². The number of halogens is 11. The number of hydrogen-bond donors (Lipinski definition) is 1. The number of hydrogen-bond acceptors (Lipinski definition) is 1. The zero-order chi connectivity index (χ0) is 17.7. The fourth-order valence-electron chi connectivity index (χ4n) is 1.50. The second-order valence-electron chi connectivity index (χ2n) is 4.08. The van der Waals surface area contributed by atoms with Gasteiger partial charge in [0, 0.05) is 14.5 Å². The summed E-state index contributed by atoms with van der Waals surface area (Å²) in [6.07, 6.45) is -13.3. The average Bonchev–Trinajstić information content (AvgIpc) is 2.31. The molecule has 0 aliphatic heterocycles. The average molecular weight is 469 g/mol. The number of anilines is 1. The summed E-state index contributed by atoms with van der Waals surface area (Å²) in [5.74, 6) is -6.72. The Morgan fingerprint density at radius 2 is 1.09 bits per heavy atom. The smallest absolute Gasteiger partial charge is 0.397 e. The van der Waals surface area contributed by atoms with Crippen molar-refractivity contribution in [2.75, 3.05) is 5.73 Å². The van der Waals surface area contributed by atoms with E-state index in [0.717, 1.165) is 0 Å². The number of nitrogen functional groups attached to an aromatic ring is 1. The van der Waals surface area contributed by atoms with Gasteiger partial charge in [-0.3, -0.25) is 0 Å². The maximum atomic E-state index is 14.1. The molecule has 22 heavy (non-hydrogen) atoms. The first kappa shape index (κ1) is 19.4. The molecule has 0 amide bonds. The Kier molecular flexibility index (Phi) is 4.82. The fourth-order valence-corrected chi connectivity index (χ4v) is 2.69. The third-order valence-electron chi connectivity index (χ3n) is 2.66. The van der Waals surface area contributed by atoms with Gasteiger partial charge in [-0.05, 0) is 44.0 Å². The predicted octanol–water partition coefficient (Wildman–Crippen LogP) is 5.72. The first-order valence-electron chi connectivity index (χ1n) is 5.02. The molecule has 0 saturated heterocycles. The molecule has 0 saturated carbocycles. The molecule has 0 spiro atoms. The maximum absolute atomic E-state index is 14.1. The van der Waals surface area contributed by atoms with Crippen LogP contribution in [0.15, 0.2) is 21.1 Å². The lowest BCUT2D eigenvalue weighted by Crippen LogP contribution is -2.59. The lowest BCUT2D eigenvalue weighted by molar-refractivity contribution is -0.389. The molecule has 2 N–H and O–H groups in total. The van der Waals surface area contributed by atoms with Crippen LogP contribution in [0.1, 0.15) is 5.56 Å². The third-order valence-corrected chi connectivity index (χ3v) is 3.97. The molecule has 0 bridgehead atoms. The van der Waals surface area contributed by atoms with Gasteiger partial charge in [0.1, 0.15) is 0 Å². The van der Waals surface area contributed by atoms with E-state index >= 15 is 0 Å². The Balaban J connectivity index is 3.77. The molecule has 0 radical (unpaired) electrons. The van der Waals surface area contributed by atoms with Gasteiger partial charge in [-0.1, -0.05) is 0 Å². The van der Waals surface area contributed by atoms with Crippen LogP contribution in [0.4, 0.5) is 45.2 Å². The summed E-state index contributed by atoms with van der Waals surface area (Å²) in [5.41, 5.74) is -2.95. The van der Waals surface area contributed by atoms with Gasteiger partial charge < -0.3 is 5.73 Å². The van der Waals surface area contributed by atoms with Crippen molar-refractivity contribution in [1.82, 2.24) is 0 Å². The van der Waals surface area contributed by atoms with Crippen LogP contribution in [0.25, 0.3) is 0 Å². The van der Waals surface area contributed by atoms with Crippen LogP contribution < -0.4 is 5.73 Å². The largest absolute Gasteiger partial charge is 0.457 e. The summed E-state index contributed by atoms with van der Waals surface area (Å²) in [7, 11) is 0. The third kappa shape index (κ3) is 2.79. The highest BCUT2D eigenvalue weighted by molar-refractivity contribution is 9.11. The van der Waals surface area contributed by atoms with Crippen molar-refractivity contribution in [2.24, 2.45) is 0 Å². The molecule has 0 fully saturated rings. The molecule has 1 unspecified atom stereocenters. The second-order valence-corrected chi connectivity index (χ2v) is 5.79. The van der Waals surface area contributed by atoms with Gasteiger partial charge in [0.25, 0.3) is 0 Å². The number of alkyl halides is 9. The molecule has 1 atom stereocenters. The monoisotopic (exact) mass is 467 g/mol. The SMILES string of the molecule is Nc1c(Br)cc(C(F)(C(F)(F)F)C(F)(F)C(F)(F)F)cc1Br. The summed E-state index contributed by atoms with van der Waals surface area (Å²) < 4.78 is 115. The van der Waals surface area contributed by atoms with Gasteiger partial charge >= 0.3 is 23.9 Å². The van der Waals surface area contributed by atoms with Crippen LogP contribution in [-0.4, -0.2) is 18.3 Å². The van der Waals surface area contributed by atoms with Crippen LogP contribution in [0, 0.1) is 0 Å². The highest BCUT2D eigenvalue weighted by Gasteiger charge is 2.81. The Bertz CT molecular complexity index is 558. The second kappa shape index (κ2) is 5.46. The molecule has 0 aromatic heterocycles. The Hall–Kier alpha value is -0.650. The minimum absolute atomic E-state index is 0.118. The van der Waals surface area contributed by atoms with Crippen molar-refractivity contribution in [2.45, 2.75) is 23.9 Å². The molecule has 1 rings (SSSR count). The van der Waals surface area contributed by atoms with Crippen LogP contribution in [0.5, 0.6) is 0 Å². The molecule has 1 aromatic carbocycles. The zero-order valence-corrected chi connectivity index (χ0v) is 13.1. The van der Waals surface area contributed by atoms with Crippen LogP contribution in [0.3, 0.4) is 0 Å². The van der Waals surface area contributed by atoms with Crippen molar-refractivity contribution in [1.29, 1.82) is 0 Å². The number of rotatable bonds is 2. The summed E-state index contributed by atoms with van der Waals surface area (Å²) in [4.78, 5) is 0. The number of benzene rings is 1. The van der Waals surface area contributed by atoms with Gasteiger partial charge in [-0.2, -0.15) is 35.1 Å². The first-order chi connectivity index (χ1) is 9.57. The van der Waals surface area contributed by atoms with E-state index in [4.69, 9.17) is 5.73 Å². The molecule has 1 aromatic rings. The fraction of sp³-hybridized carbons (Fsp3) is 0.400. The molecule has 0 heterocycles. The van der Waals surface area contributed by atoms with Crippen molar-refractivity contribution in [3.8, 4) is 0 Å². The van der Waals surface area contributed by atoms with E-state index in [1.165, 1.54) is 0 Å². The molecular weight excluding hydrogens is 465 g/mol. The molecule has 12 heteroatoms.